The van der Waals surface area contributed by atoms with Crippen LogP contribution < -0.4 is 14.3 Å². The predicted molar refractivity (Wildman–Crippen MR) is 120 cm³/mol. The fourth-order valence-corrected chi connectivity index (χ4v) is 5.09. The second kappa shape index (κ2) is 7.18. The summed E-state index contributed by atoms with van der Waals surface area (Å²) >= 11 is 6.12. The topological polar surface area (TPSA) is 132 Å². The molecule has 12 heteroatoms. The number of halogens is 1. The maximum atomic E-state index is 13.0. The van der Waals surface area contributed by atoms with Crippen molar-refractivity contribution in [2.24, 2.45) is 10.1 Å². The summed E-state index contributed by atoms with van der Waals surface area (Å²) < 4.78 is 57.4. The quantitative estimate of drug-likeness (QED) is 0.539. The van der Waals surface area contributed by atoms with E-state index in [0.29, 0.717) is 22.5 Å². The summed E-state index contributed by atoms with van der Waals surface area (Å²) in [6.45, 7) is 1.61. The Morgan fingerprint density at radius 1 is 1.10 bits per heavy atom. The third-order valence-electron chi connectivity index (χ3n) is 4.98. The van der Waals surface area contributed by atoms with Crippen molar-refractivity contribution in [1.29, 1.82) is 0 Å². The Morgan fingerprint density at radius 2 is 1.81 bits per heavy atom. The number of nitrogens with two attached hydrogens (primary N) is 1. The van der Waals surface area contributed by atoms with Gasteiger partial charge in [-0.15, -0.1) is 0 Å². The monoisotopic (exact) mass is 481 g/mol. The molecule has 0 aliphatic carbocycles. The highest BCUT2D eigenvalue weighted by Gasteiger charge is 2.39. The Bertz CT molecular complexity index is 1460. The van der Waals surface area contributed by atoms with Crippen LogP contribution in [0, 0.1) is 0 Å². The van der Waals surface area contributed by atoms with E-state index in [1.54, 1.807) is 50.4 Å². The number of para-hydroxylation sites is 1. The molecule has 0 spiro atoms. The molecular weight excluding hydrogens is 464 g/mol. The predicted octanol–water partition coefficient (Wildman–Crippen LogP) is 3.34. The van der Waals surface area contributed by atoms with Crippen LogP contribution in [0.1, 0.15) is 6.92 Å². The summed E-state index contributed by atoms with van der Waals surface area (Å²) in [4.78, 5) is 4.04. The van der Waals surface area contributed by atoms with E-state index in [1.807, 2.05) is 0 Å². The number of anilines is 1. The molecule has 0 fully saturated rings. The number of rotatable bonds is 5. The number of nitrogens with one attached hydrogen (secondary N) is 1. The van der Waals surface area contributed by atoms with Crippen LogP contribution in [0.2, 0.25) is 5.02 Å². The van der Waals surface area contributed by atoms with Crippen LogP contribution in [0.4, 0.5) is 11.4 Å². The van der Waals surface area contributed by atoms with Crippen LogP contribution in [0.25, 0.3) is 11.0 Å². The lowest BCUT2D eigenvalue weighted by Gasteiger charge is -2.27. The zero-order valence-corrected chi connectivity index (χ0v) is 18.8. The number of primary sulfonamides is 1. The van der Waals surface area contributed by atoms with Gasteiger partial charge in [0.15, 0.2) is 5.69 Å². The Morgan fingerprint density at radius 3 is 2.45 bits per heavy atom. The molecule has 3 aromatic rings. The van der Waals surface area contributed by atoms with E-state index in [4.69, 9.17) is 21.2 Å². The number of hydrogen-bond acceptors (Lipinski definition) is 6. The van der Waals surface area contributed by atoms with Crippen LogP contribution in [0.3, 0.4) is 0 Å². The van der Waals surface area contributed by atoms with Crippen LogP contribution in [0.15, 0.2) is 74.3 Å². The van der Waals surface area contributed by atoms with Gasteiger partial charge in [0.25, 0.3) is 20.0 Å². The van der Waals surface area contributed by atoms with E-state index in [1.165, 1.54) is 18.3 Å². The number of aliphatic imine (C=N–C) groups is 1. The maximum Gasteiger partial charge on any atom is 0.295 e. The van der Waals surface area contributed by atoms with Crippen molar-refractivity contribution in [1.82, 2.24) is 4.48 Å². The third-order valence-corrected chi connectivity index (χ3v) is 7.21. The third kappa shape index (κ3) is 3.86. The molecule has 1 aliphatic rings. The first-order valence-corrected chi connectivity index (χ1v) is 12.3. The van der Waals surface area contributed by atoms with E-state index < -0.39 is 20.0 Å². The van der Waals surface area contributed by atoms with E-state index >= 15 is 0 Å². The van der Waals surface area contributed by atoms with Gasteiger partial charge in [-0.1, -0.05) is 29.8 Å². The maximum absolute atomic E-state index is 13.0. The molecule has 31 heavy (non-hydrogen) atoms. The van der Waals surface area contributed by atoms with Gasteiger partial charge in [0, 0.05) is 29.5 Å². The number of hydrogen-bond donors (Lipinski definition) is 2. The highest BCUT2D eigenvalue weighted by atomic mass is 35.5. The van der Waals surface area contributed by atoms with Gasteiger partial charge in [-0.05, 0) is 18.2 Å². The molecule has 0 radical (unpaired) electrons. The molecule has 1 unspecified atom stereocenters. The summed E-state index contributed by atoms with van der Waals surface area (Å²) in [5.74, 6) is 0.371. The first-order valence-electron chi connectivity index (χ1n) is 8.89. The normalized spacial score (nSPS) is 19.4. The smallest absolute Gasteiger partial charge is 0.295 e. The van der Waals surface area contributed by atoms with Gasteiger partial charge >= 0.3 is 0 Å². The Hall–Kier alpha value is -2.70. The van der Waals surface area contributed by atoms with Crippen molar-refractivity contribution in [2.75, 3.05) is 11.8 Å². The lowest BCUT2D eigenvalue weighted by atomic mass is 10.2. The van der Waals surface area contributed by atoms with Gasteiger partial charge in [0.1, 0.15) is 17.5 Å². The second-order valence-corrected chi connectivity index (χ2v) is 10.7. The second-order valence-electron chi connectivity index (χ2n) is 7.12. The van der Waals surface area contributed by atoms with Crippen LogP contribution in [0.5, 0.6) is 0 Å². The van der Waals surface area contributed by atoms with Crippen molar-refractivity contribution >= 4 is 59.8 Å². The number of amidine groups is 1. The summed E-state index contributed by atoms with van der Waals surface area (Å²) in [6.07, 6.45) is 1.33. The highest BCUT2D eigenvalue weighted by Crippen LogP contribution is 2.38. The van der Waals surface area contributed by atoms with Crippen molar-refractivity contribution in [2.45, 2.75) is 12.0 Å². The number of benzene rings is 2. The van der Waals surface area contributed by atoms with E-state index in [-0.39, 0.29) is 25.3 Å². The van der Waals surface area contributed by atoms with E-state index in [9.17, 15) is 16.8 Å². The van der Waals surface area contributed by atoms with E-state index in [2.05, 4.69) is 9.71 Å². The standard InChI is InChI=1S/C19H18ClN4O5S2/c1-12-22-18(30(21,25)26)11-24(12,2)16-8-7-14(20)10-15(16)23-31(27,28)19-9-13-5-3-4-6-17(13)29-19/h3-11,23H,1-2H3,(H2,21,25,26)/q+1. The molecule has 1 aromatic heterocycles. The Kier molecular flexibility index (Phi) is 4.98. The lowest BCUT2D eigenvalue weighted by Crippen LogP contribution is -2.42. The molecular formula is C19H18ClN4O5S2+. The minimum absolute atomic E-state index is 0.136. The molecule has 1 aliphatic heterocycles. The number of furan rings is 1. The number of quaternary nitrogens is 1. The zero-order valence-electron chi connectivity index (χ0n) is 16.4. The molecule has 0 saturated heterocycles. The van der Waals surface area contributed by atoms with Crippen LogP contribution in [-0.2, 0) is 20.0 Å². The molecule has 0 bridgehead atoms. The van der Waals surface area contributed by atoms with Gasteiger partial charge in [-0.25, -0.2) is 18.0 Å². The molecule has 3 N–H and O–H groups in total. The summed E-state index contributed by atoms with van der Waals surface area (Å²) in [5.41, 5.74) is 0.956. The fraction of sp³-hybridized carbons (Fsp3) is 0.105. The minimum atomic E-state index is -4.12. The largest absolute Gasteiger partial charge is 0.443 e. The first kappa shape index (κ1) is 21.5. The summed E-state index contributed by atoms with van der Waals surface area (Å²) in [6, 6.07) is 12.9. The number of sulfonamides is 2. The minimum Gasteiger partial charge on any atom is -0.443 e. The van der Waals surface area contributed by atoms with Gasteiger partial charge in [0.05, 0.1) is 7.05 Å². The van der Waals surface area contributed by atoms with E-state index in [0.717, 1.165) is 0 Å². The molecule has 1 atom stereocenters. The van der Waals surface area contributed by atoms with Crippen molar-refractivity contribution in [3.63, 3.8) is 0 Å². The lowest BCUT2D eigenvalue weighted by molar-refractivity contribution is 0.484. The summed E-state index contributed by atoms with van der Waals surface area (Å²) in [5, 5.41) is 5.56. The van der Waals surface area contributed by atoms with Gasteiger partial charge in [-0.2, -0.15) is 13.4 Å². The SMILES string of the molecule is CC1=NC(S(N)(=O)=O)=C[N+]1(C)c1ccc(Cl)cc1NS(=O)(=O)c1cc2ccccc2o1. The van der Waals surface area contributed by atoms with Crippen molar-refractivity contribution < 1.29 is 21.3 Å². The Labute approximate surface area is 184 Å². The Balaban J connectivity index is 1.81. The molecule has 2 aromatic carbocycles. The van der Waals surface area contributed by atoms with Crippen LogP contribution in [-0.4, -0.2) is 29.7 Å². The van der Waals surface area contributed by atoms with Crippen LogP contribution >= 0.6 is 11.6 Å². The number of fused-ring (bicyclic) bond motifs is 1. The van der Waals surface area contributed by atoms with Gasteiger partial charge < -0.3 is 4.42 Å². The zero-order chi connectivity index (χ0) is 22.6. The molecule has 0 amide bonds. The molecule has 4 rings (SSSR count). The average molecular weight is 482 g/mol. The first-order chi connectivity index (χ1) is 14.4. The van der Waals surface area contributed by atoms with Gasteiger partial charge in [-0.3, -0.25) is 4.72 Å². The highest BCUT2D eigenvalue weighted by molar-refractivity contribution is 7.93. The number of nitrogens with zero attached hydrogens (tertiary/aromatic N) is 2. The van der Waals surface area contributed by atoms with Crippen molar-refractivity contribution in [3.05, 3.63) is 64.8 Å². The summed E-state index contributed by atoms with van der Waals surface area (Å²) in [7, 11) is -6.52. The molecule has 0 saturated carbocycles. The fourth-order valence-electron chi connectivity index (χ4n) is 3.27. The molecule has 2 heterocycles. The average Bonchev–Trinajstić information content (AvgIpc) is 3.24. The van der Waals surface area contributed by atoms with Crippen molar-refractivity contribution in [3.8, 4) is 0 Å². The molecule has 162 valence electrons. The van der Waals surface area contributed by atoms with Gasteiger partial charge in [0.2, 0.25) is 16.0 Å². The molecule has 9 nitrogen and oxygen atoms in total.